The second-order valence-corrected chi connectivity index (χ2v) is 9.08. The van der Waals surface area contributed by atoms with E-state index in [9.17, 15) is 0 Å². The van der Waals surface area contributed by atoms with Gasteiger partial charge < -0.3 is 0 Å². The van der Waals surface area contributed by atoms with Crippen LogP contribution in [0.1, 0.15) is 44.5 Å². The molecular formula is C30H22. The quantitative estimate of drug-likeness (QED) is 0.307. The Morgan fingerprint density at radius 2 is 1.17 bits per heavy atom. The van der Waals surface area contributed by atoms with E-state index in [1.54, 1.807) is 5.57 Å². The fourth-order valence-corrected chi connectivity index (χ4v) is 6.34. The molecule has 1 unspecified atom stereocenters. The molecule has 0 saturated carbocycles. The Kier molecular flexibility index (Phi) is 2.96. The molecule has 0 radical (unpaired) electrons. The van der Waals surface area contributed by atoms with Gasteiger partial charge in [0.05, 0.1) is 5.41 Å². The zero-order chi connectivity index (χ0) is 20.0. The van der Waals surface area contributed by atoms with Crippen molar-refractivity contribution in [2.75, 3.05) is 0 Å². The largest absolute Gasteiger partial charge is 0.0692 e. The van der Waals surface area contributed by atoms with Crippen molar-refractivity contribution >= 4 is 5.57 Å². The van der Waals surface area contributed by atoms with Crippen LogP contribution in [0.5, 0.6) is 0 Å². The van der Waals surface area contributed by atoms with E-state index in [-0.39, 0.29) is 5.41 Å². The van der Waals surface area contributed by atoms with E-state index in [1.807, 2.05) is 0 Å². The number of fused-ring (bicyclic) bond motifs is 11. The summed E-state index contributed by atoms with van der Waals surface area (Å²) in [6.45, 7) is 4.45. The summed E-state index contributed by atoms with van der Waals surface area (Å²) in [6, 6.07) is 32.2. The molecule has 142 valence electrons. The van der Waals surface area contributed by atoms with Crippen LogP contribution in [0.4, 0.5) is 0 Å². The molecule has 0 N–H and O–H groups in total. The van der Waals surface area contributed by atoms with Crippen molar-refractivity contribution in [3.63, 3.8) is 0 Å². The molecule has 0 heteroatoms. The molecule has 3 aliphatic carbocycles. The van der Waals surface area contributed by atoms with E-state index >= 15 is 0 Å². The fourth-order valence-electron chi connectivity index (χ4n) is 6.34. The van der Waals surface area contributed by atoms with Gasteiger partial charge in [-0.25, -0.2) is 0 Å². The van der Waals surface area contributed by atoms with Crippen molar-refractivity contribution in [3.8, 4) is 11.1 Å². The monoisotopic (exact) mass is 382 g/mol. The molecule has 0 fully saturated rings. The predicted molar refractivity (Wildman–Crippen MR) is 124 cm³/mol. The molecule has 0 nitrogen and oxygen atoms in total. The molecule has 4 aromatic carbocycles. The third-order valence-electron chi connectivity index (χ3n) is 7.46. The van der Waals surface area contributed by atoms with Crippen LogP contribution in [-0.2, 0) is 11.8 Å². The molecule has 0 amide bonds. The Hall–Kier alpha value is -3.38. The first-order valence-corrected chi connectivity index (χ1v) is 10.8. The van der Waals surface area contributed by atoms with Gasteiger partial charge in [-0.05, 0) is 75.9 Å². The van der Waals surface area contributed by atoms with Crippen LogP contribution in [-0.4, -0.2) is 0 Å². The van der Waals surface area contributed by atoms with Gasteiger partial charge in [0, 0.05) is 0 Å². The summed E-state index contributed by atoms with van der Waals surface area (Å²) in [5, 5.41) is 0. The van der Waals surface area contributed by atoms with E-state index in [1.165, 1.54) is 61.2 Å². The Morgan fingerprint density at radius 3 is 1.97 bits per heavy atom. The van der Waals surface area contributed by atoms with Crippen LogP contribution in [0.3, 0.4) is 0 Å². The second kappa shape index (κ2) is 5.40. The third kappa shape index (κ3) is 1.75. The summed E-state index contributed by atoms with van der Waals surface area (Å²) >= 11 is 0. The normalized spacial score (nSPS) is 19.5. The lowest BCUT2D eigenvalue weighted by Gasteiger charge is -2.32. The van der Waals surface area contributed by atoms with E-state index in [2.05, 4.69) is 98.8 Å². The lowest BCUT2D eigenvalue weighted by atomic mass is 9.68. The summed E-state index contributed by atoms with van der Waals surface area (Å²) in [5.41, 5.74) is 17.0. The standard InChI is InChI=1S/C30H22/c1-18-11-13-23-22-9-5-6-10-25(22)30(26(23)15-18)27-16-19(2)12-14-24(27)29-21-8-4-3-7-20(21)17-28(29)30/h3-16H,17H2,1-2H3. The average Bonchev–Trinajstić information content (AvgIpc) is 3.36. The van der Waals surface area contributed by atoms with Gasteiger partial charge in [0.25, 0.3) is 0 Å². The molecule has 0 bridgehead atoms. The minimum Gasteiger partial charge on any atom is -0.0619 e. The minimum atomic E-state index is -0.173. The highest BCUT2D eigenvalue weighted by molar-refractivity contribution is 6.01. The van der Waals surface area contributed by atoms with Gasteiger partial charge in [-0.3, -0.25) is 0 Å². The van der Waals surface area contributed by atoms with Crippen molar-refractivity contribution in [2.45, 2.75) is 25.7 Å². The first kappa shape index (κ1) is 16.4. The van der Waals surface area contributed by atoms with Crippen molar-refractivity contribution in [1.82, 2.24) is 0 Å². The van der Waals surface area contributed by atoms with Gasteiger partial charge in [-0.15, -0.1) is 0 Å². The van der Waals surface area contributed by atoms with E-state index in [0.717, 1.165) is 6.42 Å². The molecule has 4 aromatic rings. The minimum absolute atomic E-state index is 0.173. The van der Waals surface area contributed by atoms with Gasteiger partial charge in [0.15, 0.2) is 0 Å². The molecule has 0 aromatic heterocycles. The number of allylic oxidation sites excluding steroid dienone is 1. The predicted octanol–water partition coefficient (Wildman–Crippen LogP) is 6.99. The lowest BCUT2D eigenvalue weighted by molar-refractivity contribution is 0.743. The molecule has 0 heterocycles. The number of rotatable bonds is 0. The van der Waals surface area contributed by atoms with Gasteiger partial charge in [-0.2, -0.15) is 0 Å². The number of benzene rings is 4. The van der Waals surface area contributed by atoms with E-state index in [4.69, 9.17) is 0 Å². The Morgan fingerprint density at radius 1 is 0.567 bits per heavy atom. The van der Waals surface area contributed by atoms with Crippen LogP contribution in [0.15, 0.2) is 90.5 Å². The fraction of sp³-hybridized carbons (Fsp3) is 0.133. The zero-order valence-corrected chi connectivity index (χ0v) is 17.3. The molecule has 1 atom stereocenters. The maximum Gasteiger partial charge on any atom is 0.0692 e. The third-order valence-corrected chi connectivity index (χ3v) is 7.46. The smallest absolute Gasteiger partial charge is 0.0619 e. The van der Waals surface area contributed by atoms with Crippen LogP contribution >= 0.6 is 0 Å². The Labute approximate surface area is 177 Å². The molecule has 0 saturated heterocycles. The molecule has 1 spiro atoms. The molecule has 7 rings (SSSR count). The Bertz CT molecular complexity index is 1430. The highest BCUT2D eigenvalue weighted by atomic mass is 14.6. The first-order valence-electron chi connectivity index (χ1n) is 10.8. The molecular weight excluding hydrogens is 360 g/mol. The maximum absolute atomic E-state index is 2.45. The van der Waals surface area contributed by atoms with E-state index < -0.39 is 0 Å². The molecule has 3 aliphatic rings. The number of aryl methyl sites for hydroxylation is 2. The van der Waals surface area contributed by atoms with Crippen molar-refractivity contribution < 1.29 is 0 Å². The zero-order valence-electron chi connectivity index (χ0n) is 17.3. The summed E-state index contributed by atoms with van der Waals surface area (Å²) in [7, 11) is 0. The lowest BCUT2D eigenvalue weighted by Crippen LogP contribution is -2.28. The van der Waals surface area contributed by atoms with Crippen LogP contribution < -0.4 is 0 Å². The first-order chi connectivity index (χ1) is 14.7. The average molecular weight is 383 g/mol. The van der Waals surface area contributed by atoms with Gasteiger partial charge in [-0.1, -0.05) is 96.1 Å². The highest BCUT2D eigenvalue weighted by Gasteiger charge is 2.54. The summed E-state index contributed by atoms with van der Waals surface area (Å²) in [6.07, 6.45) is 1.03. The van der Waals surface area contributed by atoms with Crippen LogP contribution in [0.25, 0.3) is 16.7 Å². The summed E-state index contributed by atoms with van der Waals surface area (Å²) in [5.74, 6) is 0. The second-order valence-electron chi connectivity index (χ2n) is 9.08. The van der Waals surface area contributed by atoms with Gasteiger partial charge >= 0.3 is 0 Å². The SMILES string of the molecule is Cc1ccc2c(c1)C1(C3=C2c2ccccc2C3)c2ccccc2-c2ccc(C)cc21. The molecule has 30 heavy (non-hydrogen) atoms. The number of hydrogen-bond donors (Lipinski definition) is 0. The van der Waals surface area contributed by atoms with Gasteiger partial charge in [0.1, 0.15) is 0 Å². The molecule has 0 aliphatic heterocycles. The summed E-state index contributed by atoms with van der Waals surface area (Å²) in [4.78, 5) is 0. The van der Waals surface area contributed by atoms with Gasteiger partial charge in [0.2, 0.25) is 0 Å². The highest BCUT2D eigenvalue weighted by Crippen LogP contribution is 2.65. The van der Waals surface area contributed by atoms with Crippen molar-refractivity contribution in [1.29, 1.82) is 0 Å². The maximum atomic E-state index is 2.45. The van der Waals surface area contributed by atoms with Crippen LogP contribution in [0.2, 0.25) is 0 Å². The Balaban J connectivity index is 1.69. The van der Waals surface area contributed by atoms with Crippen molar-refractivity contribution in [3.05, 3.63) is 135 Å². The van der Waals surface area contributed by atoms with E-state index in [0.29, 0.717) is 0 Å². The van der Waals surface area contributed by atoms with Crippen molar-refractivity contribution in [2.24, 2.45) is 0 Å². The number of hydrogen-bond acceptors (Lipinski definition) is 0. The summed E-state index contributed by atoms with van der Waals surface area (Å²) < 4.78 is 0. The van der Waals surface area contributed by atoms with Crippen LogP contribution in [0, 0.1) is 13.8 Å². The topological polar surface area (TPSA) is 0 Å².